The molecule has 0 bridgehead atoms. The molecule has 0 aliphatic heterocycles. The topological polar surface area (TPSA) is 61.2 Å². The van der Waals surface area contributed by atoms with Gasteiger partial charge in [0.05, 0.1) is 6.61 Å². The van der Waals surface area contributed by atoms with Gasteiger partial charge in [-0.15, -0.1) is 0 Å². The summed E-state index contributed by atoms with van der Waals surface area (Å²) in [6, 6.07) is 0. The van der Waals surface area contributed by atoms with Crippen molar-refractivity contribution in [3.8, 4) is 0 Å². The molecule has 0 aliphatic carbocycles. The second-order valence-electron chi connectivity index (χ2n) is 3.12. The van der Waals surface area contributed by atoms with E-state index >= 15 is 0 Å². The van der Waals surface area contributed by atoms with Crippen molar-refractivity contribution < 1.29 is 14.3 Å². The normalized spacial score (nSPS) is 12.2. The minimum atomic E-state index is -0.865. The third-order valence-corrected chi connectivity index (χ3v) is 4.55. The fourth-order valence-electron chi connectivity index (χ4n) is 0.988. The Balaban J connectivity index is 2.83. The van der Waals surface area contributed by atoms with Crippen LogP contribution in [0.25, 0.3) is 0 Å². The minimum Gasteiger partial charge on any atom is -0.465 e. The summed E-state index contributed by atoms with van der Waals surface area (Å²) in [5.41, 5.74) is 0. The Morgan fingerprint density at radius 3 is 2.71 bits per heavy atom. The zero-order valence-electron chi connectivity index (χ0n) is 9.63. The number of carbonyl (C=O) groups excluding carboxylic acids is 2. The first-order chi connectivity index (χ1) is 7.95. The molecule has 5 nitrogen and oxygen atoms in total. The fraction of sp³-hybridized carbons (Fsp3) is 0.556. The lowest BCUT2D eigenvalue weighted by atomic mass is 10.3. The monoisotopic (exact) mass is 292 g/mol. The van der Waals surface area contributed by atoms with E-state index in [-0.39, 0.29) is 12.4 Å². The van der Waals surface area contributed by atoms with Gasteiger partial charge in [-0.3, -0.25) is 9.59 Å². The summed E-state index contributed by atoms with van der Waals surface area (Å²) in [4.78, 5) is 22.9. The van der Waals surface area contributed by atoms with E-state index in [0.29, 0.717) is 8.29 Å². The summed E-state index contributed by atoms with van der Waals surface area (Å²) in [7, 11) is 1.72. The molecule has 1 atom stereocenters. The summed E-state index contributed by atoms with van der Waals surface area (Å²) in [6.45, 7) is 3.31. The van der Waals surface area contributed by atoms with Crippen molar-refractivity contribution in [1.82, 2.24) is 9.78 Å². The van der Waals surface area contributed by atoms with Gasteiger partial charge in [0.1, 0.15) is 0 Å². The van der Waals surface area contributed by atoms with E-state index in [4.69, 9.17) is 17.0 Å². The number of hydrogen-bond donors (Lipinski definition) is 0. The van der Waals surface area contributed by atoms with Crippen molar-refractivity contribution in [2.75, 3.05) is 6.61 Å². The fourth-order valence-corrected chi connectivity index (χ4v) is 3.33. The molecule has 94 valence electrons. The van der Waals surface area contributed by atoms with Crippen molar-refractivity contribution >= 4 is 47.1 Å². The number of ether oxygens (including phenoxy) is 1. The lowest BCUT2D eigenvalue weighted by Gasteiger charge is -2.09. The Morgan fingerprint density at radius 1 is 1.65 bits per heavy atom. The van der Waals surface area contributed by atoms with E-state index in [1.807, 2.05) is 0 Å². The predicted octanol–water partition coefficient (Wildman–Crippen LogP) is 1.82. The highest BCUT2D eigenvalue weighted by Gasteiger charge is 2.27. The van der Waals surface area contributed by atoms with E-state index in [0.717, 1.165) is 11.8 Å². The Labute approximate surface area is 112 Å². The third-order valence-electron chi connectivity index (χ3n) is 1.76. The largest absolute Gasteiger partial charge is 0.465 e. The summed E-state index contributed by atoms with van der Waals surface area (Å²) in [5, 5.41) is 3.24. The van der Waals surface area contributed by atoms with Crippen LogP contribution in [0.3, 0.4) is 0 Å². The van der Waals surface area contributed by atoms with E-state index in [1.165, 1.54) is 22.9 Å². The van der Waals surface area contributed by atoms with Gasteiger partial charge in [-0.05, 0) is 26.1 Å². The number of thioether (sulfide) groups is 1. The van der Waals surface area contributed by atoms with Crippen LogP contribution < -0.4 is 0 Å². The molecule has 8 heteroatoms. The van der Waals surface area contributed by atoms with Gasteiger partial charge in [-0.25, -0.2) is 4.68 Å². The smallest absolute Gasteiger partial charge is 0.327 e. The maximum absolute atomic E-state index is 11.6. The van der Waals surface area contributed by atoms with Gasteiger partial charge in [0.15, 0.2) is 19.3 Å². The average Bonchev–Trinajstić information content (AvgIpc) is 2.54. The Bertz CT molecular complexity index is 480. The van der Waals surface area contributed by atoms with Crippen LogP contribution in [0.4, 0.5) is 0 Å². The van der Waals surface area contributed by atoms with Crippen molar-refractivity contribution in [1.29, 1.82) is 0 Å². The summed E-state index contributed by atoms with van der Waals surface area (Å²) >= 11 is 7.35. The number of Topliss-reactive ketones (excluding diaryl/α,β-unsaturated/α-hetero) is 1. The van der Waals surface area contributed by atoms with Crippen LogP contribution in [0, 0.1) is 3.95 Å². The number of esters is 1. The van der Waals surface area contributed by atoms with E-state index in [9.17, 15) is 9.59 Å². The van der Waals surface area contributed by atoms with Gasteiger partial charge in [0, 0.05) is 7.05 Å². The van der Waals surface area contributed by atoms with Gasteiger partial charge in [0.2, 0.25) is 0 Å². The van der Waals surface area contributed by atoms with Crippen molar-refractivity contribution in [2.45, 2.75) is 23.4 Å². The van der Waals surface area contributed by atoms with Crippen LogP contribution >= 0.6 is 35.3 Å². The number of nitrogens with zero attached hydrogens (tertiary/aromatic N) is 2. The SMILES string of the molecule is CCOC(=O)[C@@H](Sc1nn(C)c(=S)s1)C(C)=O. The predicted molar refractivity (Wildman–Crippen MR) is 68.9 cm³/mol. The van der Waals surface area contributed by atoms with Crippen LogP contribution in [0.2, 0.25) is 0 Å². The quantitative estimate of drug-likeness (QED) is 0.357. The number of ketones is 1. The highest BCUT2D eigenvalue weighted by Crippen LogP contribution is 2.27. The minimum absolute atomic E-state index is 0.251. The Kier molecular flexibility index (Phi) is 5.29. The molecule has 0 N–H and O–H groups in total. The maximum Gasteiger partial charge on any atom is 0.327 e. The van der Waals surface area contributed by atoms with Crippen molar-refractivity contribution in [3.63, 3.8) is 0 Å². The molecule has 17 heavy (non-hydrogen) atoms. The molecule has 0 aromatic carbocycles. The van der Waals surface area contributed by atoms with Crippen molar-refractivity contribution in [3.05, 3.63) is 3.95 Å². The molecule has 1 aromatic rings. The van der Waals surface area contributed by atoms with Gasteiger partial charge in [-0.1, -0.05) is 23.1 Å². The number of aromatic nitrogens is 2. The first kappa shape index (κ1) is 14.3. The molecule has 0 unspecified atom stereocenters. The first-order valence-electron chi connectivity index (χ1n) is 4.83. The molecule has 1 heterocycles. The van der Waals surface area contributed by atoms with Crippen molar-refractivity contribution in [2.24, 2.45) is 7.05 Å². The molecular formula is C9H12N2O3S3. The lowest BCUT2D eigenvalue weighted by Crippen LogP contribution is -2.27. The van der Waals surface area contributed by atoms with Gasteiger partial charge in [-0.2, -0.15) is 5.10 Å². The summed E-state index contributed by atoms with van der Waals surface area (Å²) in [6.07, 6.45) is 0. The summed E-state index contributed by atoms with van der Waals surface area (Å²) in [5.74, 6) is -0.786. The molecule has 1 aromatic heterocycles. The molecule has 0 radical (unpaired) electrons. The van der Waals surface area contributed by atoms with Gasteiger partial charge < -0.3 is 4.74 Å². The average molecular weight is 292 g/mol. The molecule has 0 fully saturated rings. The zero-order chi connectivity index (χ0) is 13.0. The Morgan fingerprint density at radius 2 is 2.29 bits per heavy atom. The second-order valence-corrected chi connectivity index (χ2v) is 6.09. The van der Waals surface area contributed by atoms with Crippen LogP contribution in [0.15, 0.2) is 4.34 Å². The number of carbonyl (C=O) groups is 2. The molecule has 0 amide bonds. The molecule has 0 aliphatic rings. The van der Waals surface area contributed by atoms with E-state index in [2.05, 4.69) is 5.10 Å². The number of aryl methyl sites for hydroxylation is 1. The van der Waals surface area contributed by atoms with Gasteiger partial charge >= 0.3 is 5.97 Å². The van der Waals surface area contributed by atoms with Gasteiger partial charge in [0.25, 0.3) is 0 Å². The van der Waals surface area contributed by atoms with E-state index < -0.39 is 11.2 Å². The molecule has 1 rings (SSSR count). The summed E-state index contributed by atoms with van der Waals surface area (Å²) < 4.78 is 7.56. The Hall–Kier alpha value is -0.730. The van der Waals surface area contributed by atoms with Crippen LogP contribution in [-0.2, 0) is 21.4 Å². The first-order valence-corrected chi connectivity index (χ1v) is 6.94. The number of hydrogen-bond acceptors (Lipinski definition) is 7. The third kappa shape index (κ3) is 3.90. The standard InChI is InChI=1S/C9H12N2O3S3/c1-4-14-7(13)6(5(2)12)16-8-10-11(3)9(15)17-8/h6H,4H2,1-3H3/t6-/m0/s1. The highest BCUT2D eigenvalue weighted by molar-refractivity contribution is 8.03. The highest BCUT2D eigenvalue weighted by atomic mass is 32.2. The van der Waals surface area contributed by atoms with Crippen LogP contribution in [-0.4, -0.2) is 33.4 Å². The van der Waals surface area contributed by atoms with E-state index in [1.54, 1.807) is 14.0 Å². The molecular weight excluding hydrogens is 280 g/mol. The number of rotatable bonds is 5. The zero-order valence-corrected chi connectivity index (χ0v) is 12.1. The lowest BCUT2D eigenvalue weighted by molar-refractivity contribution is -0.144. The maximum atomic E-state index is 11.6. The van der Waals surface area contributed by atoms with Crippen LogP contribution in [0.1, 0.15) is 13.8 Å². The van der Waals surface area contributed by atoms with Crippen LogP contribution in [0.5, 0.6) is 0 Å². The molecule has 0 spiro atoms. The molecule has 0 saturated heterocycles. The molecule has 0 saturated carbocycles. The second kappa shape index (κ2) is 6.27.